The lowest BCUT2D eigenvalue weighted by atomic mass is 9.90. The summed E-state index contributed by atoms with van der Waals surface area (Å²) in [6.07, 6.45) is 2.50. The molecule has 0 saturated carbocycles. The highest BCUT2D eigenvalue weighted by atomic mass is 35.5. The van der Waals surface area contributed by atoms with Crippen LogP contribution in [0.4, 0.5) is 10.2 Å². The first-order chi connectivity index (χ1) is 17.0. The molecular formula is C25H26ClFN4O4S. The molecule has 1 fully saturated rings. The van der Waals surface area contributed by atoms with Gasteiger partial charge in [-0.3, -0.25) is 4.79 Å². The Labute approximate surface area is 214 Å². The average molecular weight is 533 g/mol. The Morgan fingerprint density at radius 3 is 2.67 bits per heavy atom. The fourth-order valence-corrected chi connectivity index (χ4v) is 5.21. The zero-order valence-corrected chi connectivity index (χ0v) is 21.6. The van der Waals surface area contributed by atoms with Crippen molar-refractivity contribution in [1.29, 1.82) is 0 Å². The maximum absolute atomic E-state index is 14.0. The van der Waals surface area contributed by atoms with Crippen molar-refractivity contribution in [2.24, 2.45) is 5.92 Å². The molecule has 1 unspecified atom stereocenters. The lowest BCUT2D eigenvalue weighted by molar-refractivity contribution is 0.0981. The smallest absolute Gasteiger partial charge is 0.281 e. The predicted octanol–water partition coefficient (Wildman–Crippen LogP) is 4.59. The molecule has 0 spiro atoms. The highest BCUT2D eigenvalue weighted by Gasteiger charge is 2.40. The molecular weight excluding hydrogens is 507 g/mol. The van der Waals surface area contributed by atoms with Gasteiger partial charge in [0.05, 0.1) is 10.6 Å². The van der Waals surface area contributed by atoms with E-state index in [-0.39, 0.29) is 34.2 Å². The largest absolute Gasteiger partial charge is 0.473 e. The Hall–Kier alpha value is -3.24. The van der Waals surface area contributed by atoms with Crippen molar-refractivity contribution < 1.29 is 22.3 Å². The molecule has 1 amide bonds. The molecule has 1 aliphatic rings. The number of hydrogen-bond acceptors (Lipinski definition) is 7. The summed E-state index contributed by atoms with van der Waals surface area (Å²) in [6, 6.07) is 11.4. The maximum Gasteiger partial charge on any atom is 0.281 e. The zero-order valence-electron chi connectivity index (χ0n) is 20.0. The first-order valence-corrected chi connectivity index (χ1v) is 13.2. The summed E-state index contributed by atoms with van der Waals surface area (Å²) in [5.74, 6) is -0.655. The van der Waals surface area contributed by atoms with Crippen LogP contribution in [0.1, 0.15) is 43.1 Å². The molecule has 190 valence electrons. The number of pyridine rings is 2. The molecule has 11 heteroatoms. The van der Waals surface area contributed by atoms with E-state index in [1.54, 1.807) is 12.3 Å². The Morgan fingerprint density at radius 1 is 1.22 bits per heavy atom. The van der Waals surface area contributed by atoms with E-state index in [9.17, 15) is 17.6 Å². The standard InChI is InChI=1S/C25H26ClFN4O4S/c1-16-12-14-31(25(16,2)3)23-17(7-6-13-28-23)24(32)30-36(33,34)22-11-5-10-21(29-22)35-15-18-19(26)8-4-9-20(18)27/h4-11,13,16H,12,14-15H2,1-3H3,(H,30,32). The van der Waals surface area contributed by atoms with Crippen LogP contribution in [0.15, 0.2) is 59.8 Å². The molecule has 1 aliphatic heterocycles. The van der Waals surface area contributed by atoms with E-state index < -0.39 is 26.8 Å². The number of rotatable bonds is 7. The van der Waals surface area contributed by atoms with Crippen LogP contribution < -0.4 is 14.4 Å². The summed E-state index contributed by atoms with van der Waals surface area (Å²) in [6.45, 7) is 6.72. The number of benzene rings is 1. The minimum atomic E-state index is -4.35. The molecule has 3 aromatic rings. The second-order valence-corrected chi connectivity index (χ2v) is 11.1. The van der Waals surface area contributed by atoms with E-state index in [1.165, 1.54) is 42.5 Å². The molecule has 8 nitrogen and oxygen atoms in total. The molecule has 36 heavy (non-hydrogen) atoms. The first-order valence-electron chi connectivity index (χ1n) is 11.3. The van der Waals surface area contributed by atoms with Gasteiger partial charge < -0.3 is 9.64 Å². The van der Waals surface area contributed by atoms with Gasteiger partial charge in [0.15, 0.2) is 5.03 Å². The van der Waals surface area contributed by atoms with E-state index in [2.05, 4.69) is 35.5 Å². The second kappa shape index (κ2) is 10.0. The number of carbonyl (C=O) groups excluding carboxylic acids is 1. The van der Waals surface area contributed by atoms with Gasteiger partial charge in [0.25, 0.3) is 15.9 Å². The van der Waals surface area contributed by atoms with E-state index in [0.29, 0.717) is 18.3 Å². The number of nitrogens with zero attached hydrogens (tertiary/aromatic N) is 3. The van der Waals surface area contributed by atoms with Gasteiger partial charge in [-0.15, -0.1) is 0 Å². The number of anilines is 1. The average Bonchev–Trinajstić information content (AvgIpc) is 3.10. The van der Waals surface area contributed by atoms with Gasteiger partial charge in [0.2, 0.25) is 5.88 Å². The van der Waals surface area contributed by atoms with Gasteiger partial charge >= 0.3 is 0 Å². The highest BCUT2D eigenvalue weighted by Crippen LogP contribution is 2.38. The minimum Gasteiger partial charge on any atom is -0.473 e. The number of nitrogens with one attached hydrogen (secondary N) is 1. The Bertz CT molecular complexity index is 1380. The van der Waals surface area contributed by atoms with Crippen LogP contribution in [-0.4, -0.2) is 36.4 Å². The molecule has 1 N–H and O–H groups in total. The van der Waals surface area contributed by atoms with Crippen molar-refractivity contribution in [2.75, 3.05) is 11.4 Å². The summed E-state index contributed by atoms with van der Waals surface area (Å²) in [4.78, 5) is 23.5. The predicted molar refractivity (Wildman–Crippen MR) is 134 cm³/mol. The van der Waals surface area contributed by atoms with Crippen LogP contribution >= 0.6 is 11.6 Å². The third-order valence-corrected chi connectivity index (χ3v) is 8.19. The minimum absolute atomic E-state index is 0.0699. The molecule has 1 atom stereocenters. The topological polar surface area (TPSA) is 101 Å². The Kier molecular flexibility index (Phi) is 7.19. The van der Waals surface area contributed by atoms with E-state index in [4.69, 9.17) is 16.3 Å². The van der Waals surface area contributed by atoms with E-state index >= 15 is 0 Å². The zero-order chi connectivity index (χ0) is 26.1. The maximum atomic E-state index is 14.0. The quantitative estimate of drug-likeness (QED) is 0.475. The lowest BCUT2D eigenvalue weighted by Gasteiger charge is -2.36. The molecule has 2 aromatic heterocycles. The summed E-state index contributed by atoms with van der Waals surface area (Å²) in [5, 5.41) is -0.248. The normalized spacial score (nSPS) is 17.1. The number of amides is 1. The van der Waals surface area contributed by atoms with Crippen LogP contribution in [0.25, 0.3) is 0 Å². The summed E-state index contributed by atoms with van der Waals surface area (Å²) < 4.78 is 47.5. The van der Waals surface area contributed by atoms with Crippen LogP contribution in [0.5, 0.6) is 5.88 Å². The van der Waals surface area contributed by atoms with Gasteiger partial charge in [0, 0.05) is 29.9 Å². The van der Waals surface area contributed by atoms with E-state index in [0.717, 1.165) is 6.42 Å². The van der Waals surface area contributed by atoms with Crippen LogP contribution in [-0.2, 0) is 16.6 Å². The first kappa shape index (κ1) is 25.8. The van der Waals surface area contributed by atoms with Crippen LogP contribution in [0.2, 0.25) is 5.02 Å². The molecule has 0 bridgehead atoms. The monoisotopic (exact) mass is 532 g/mol. The van der Waals surface area contributed by atoms with Crippen LogP contribution in [0, 0.1) is 11.7 Å². The van der Waals surface area contributed by atoms with Crippen LogP contribution in [0.3, 0.4) is 0 Å². The van der Waals surface area contributed by atoms with Gasteiger partial charge in [0.1, 0.15) is 18.2 Å². The fourth-order valence-electron chi connectivity index (χ4n) is 4.07. The molecule has 0 aliphatic carbocycles. The van der Waals surface area contributed by atoms with E-state index in [1.807, 2.05) is 4.90 Å². The molecule has 1 saturated heterocycles. The lowest BCUT2D eigenvalue weighted by Crippen LogP contribution is -2.43. The summed E-state index contributed by atoms with van der Waals surface area (Å²) in [7, 11) is -4.35. The third kappa shape index (κ3) is 5.15. The van der Waals surface area contributed by atoms with Crippen molar-refractivity contribution in [3.05, 3.63) is 76.7 Å². The third-order valence-electron chi connectivity index (χ3n) is 6.60. The number of ether oxygens (including phenoxy) is 1. The van der Waals surface area contributed by atoms with Crippen molar-refractivity contribution in [3.8, 4) is 5.88 Å². The van der Waals surface area contributed by atoms with Crippen molar-refractivity contribution in [2.45, 2.75) is 44.4 Å². The molecule has 0 radical (unpaired) electrons. The Balaban J connectivity index is 1.54. The van der Waals surface area contributed by atoms with Crippen molar-refractivity contribution in [3.63, 3.8) is 0 Å². The number of carbonyl (C=O) groups is 1. The number of aromatic nitrogens is 2. The molecule has 1 aromatic carbocycles. The number of hydrogen-bond donors (Lipinski definition) is 1. The van der Waals surface area contributed by atoms with Crippen molar-refractivity contribution >= 4 is 33.3 Å². The van der Waals surface area contributed by atoms with Gasteiger partial charge in [-0.25, -0.2) is 14.1 Å². The van der Waals surface area contributed by atoms with Crippen molar-refractivity contribution in [1.82, 2.24) is 14.7 Å². The second-order valence-electron chi connectivity index (χ2n) is 9.11. The number of sulfonamides is 1. The number of halogens is 2. The SMILES string of the molecule is CC1CCN(c2ncccc2C(=O)NS(=O)(=O)c2cccc(OCc3c(F)cccc3Cl)n2)C1(C)C. The molecule has 3 heterocycles. The summed E-state index contributed by atoms with van der Waals surface area (Å²) >= 11 is 6.01. The van der Waals surface area contributed by atoms with Gasteiger partial charge in [-0.05, 0) is 56.5 Å². The fraction of sp³-hybridized carbons (Fsp3) is 0.320. The molecule has 4 rings (SSSR count). The Morgan fingerprint density at radius 2 is 1.97 bits per heavy atom. The van der Waals surface area contributed by atoms with Gasteiger partial charge in [-0.1, -0.05) is 30.7 Å². The highest BCUT2D eigenvalue weighted by molar-refractivity contribution is 7.90. The summed E-state index contributed by atoms with van der Waals surface area (Å²) in [5.41, 5.74) is 0.00649. The van der Waals surface area contributed by atoms with Gasteiger partial charge in [-0.2, -0.15) is 13.4 Å².